The zero-order valence-corrected chi connectivity index (χ0v) is 15.1. The van der Waals surface area contributed by atoms with Crippen molar-refractivity contribution in [3.05, 3.63) is 90.1 Å². The Morgan fingerprint density at radius 2 is 1.61 bits per heavy atom. The van der Waals surface area contributed by atoms with Crippen molar-refractivity contribution < 1.29 is 9.59 Å². The Balaban J connectivity index is 1.55. The number of nitrogens with one attached hydrogen (secondary N) is 1. The van der Waals surface area contributed by atoms with Crippen LogP contribution in [0.1, 0.15) is 15.9 Å². The number of carbonyl (C=O) groups excluding carboxylic acids is 2. The van der Waals surface area contributed by atoms with E-state index in [1.54, 1.807) is 6.07 Å². The Labute approximate surface area is 162 Å². The third-order valence-corrected chi connectivity index (χ3v) is 4.76. The summed E-state index contributed by atoms with van der Waals surface area (Å²) in [5.41, 5.74) is 7.67. The average molecular weight is 369 g/mol. The maximum Gasteiger partial charge on any atom is 0.253 e. The van der Waals surface area contributed by atoms with Gasteiger partial charge in [0.25, 0.3) is 5.91 Å². The maximum atomic E-state index is 12.6. The topological polar surface area (TPSA) is 85.1 Å². The van der Waals surface area contributed by atoms with Gasteiger partial charge in [-0.2, -0.15) is 0 Å². The zero-order chi connectivity index (χ0) is 19.5. The number of hydrogen-bond donors (Lipinski definition) is 2. The molecule has 2 amide bonds. The highest BCUT2D eigenvalue weighted by molar-refractivity contribution is 5.99. The van der Waals surface area contributed by atoms with Crippen LogP contribution >= 0.6 is 0 Å². The van der Waals surface area contributed by atoms with Gasteiger partial charge in [-0.05, 0) is 28.5 Å². The number of primary amides is 1. The second kappa shape index (κ2) is 7.48. The first-order valence-electron chi connectivity index (χ1n) is 9.03. The number of aromatic nitrogens is 1. The highest BCUT2D eigenvalue weighted by Gasteiger charge is 2.20. The fourth-order valence-corrected chi connectivity index (χ4v) is 3.26. The normalized spacial score (nSPS) is 12.0. The molecular formula is C23H19N3O2. The Bertz CT molecular complexity index is 1190. The van der Waals surface area contributed by atoms with Gasteiger partial charge in [-0.15, -0.1) is 0 Å². The van der Waals surface area contributed by atoms with Gasteiger partial charge in [-0.1, -0.05) is 60.7 Å². The van der Waals surface area contributed by atoms with Crippen molar-refractivity contribution >= 4 is 33.5 Å². The lowest BCUT2D eigenvalue weighted by Crippen LogP contribution is -2.45. The van der Waals surface area contributed by atoms with Crippen molar-refractivity contribution in [1.29, 1.82) is 0 Å². The predicted octanol–water partition coefficient (Wildman–Crippen LogP) is 3.21. The summed E-state index contributed by atoms with van der Waals surface area (Å²) in [6, 6.07) is 22.4. The van der Waals surface area contributed by atoms with Crippen LogP contribution < -0.4 is 11.1 Å². The molecule has 138 valence electrons. The zero-order valence-electron chi connectivity index (χ0n) is 15.1. The molecule has 0 radical (unpaired) electrons. The van der Waals surface area contributed by atoms with Crippen LogP contribution in [0.4, 0.5) is 0 Å². The van der Waals surface area contributed by atoms with E-state index in [0.717, 1.165) is 27.2 Å². The van der Waals surface area contributed by atoms with Gasteiger partial charge in [0.05, 0.1) is 11.1 Å². The molecule has 0 spiro atoms. The molecule has 0 aliphatic heterocycles. The third-order valence-electron chi connectivity index (χ3n) is 4.76. The predicted molar refractivity (Wildman–Crippen MR) is 110 cm³/mol. The van der Waals surface area contributed by atoms with E-state index in [2.05, 4.69) is 10.3 Å². The molecule has 0 saturated carbocycles. The first-order valence-corrected chi connectivity index (χ1v) is 9.03. The molecule has 0 bridgehead atoms. The van der Waals surface area contributed by atoms with Crippen LogP contribution in [0, 0.1) is 0 Å². The Morgan fingerprint density at radius 3 is 2.39 bits per heavy atom. The first-order chi connectivity index (χ1) is 13.6. The van der Waals surface area contributed by atoms with Crippen molar-refractivity contribution in [2.24, 2.45) is 5.73 Å². The number of nitrogens with two attached hydrogens (primary N) is 1. The van der Waals surface area contributed by atoms with Crippen molar-refractivity contribution in [2.45, 2.75) is 12.5 Å². The molecule has 5 nitrogen and oxygen atoms in total. The van der Waals surface area contributed by atoms with Crippen LogP contribution in [-0.4, -0.2) is 22.8 Å². The molecule has 5 heteroatoms. The highest BCUT2D eigenvalue weighted by Crippen LogP contribution is 2.17. The summed E-state index contributed by atoms with van der Waals surface area (Å²) in [5, 5.41) is 5.80. The molecule has 0 aliphatic carbocycles. The average Bonchev–Trinajstić information content (AvgIpc) is 2.72. The van der Waals surface area contributed by atoms with Gasteiger partial charge in [0.1, 0.15) is 6.04 Å². The van der Waals surface area contributed by atoms with Crippen molar-refractivity contribution in [1.82, 2.24) is 10.3 Å². The Hall–Kier alpha value is -3.73. The second-order valence-electron chi connectivity index (χ2n) is 6.73. The monoisotopic (exact) mass is 369 g/mol. The summed E-state index contributed by atoms with van der Waals surface area (Å²) in [7, 11) is 0. The molecule has 3 N–H and O–H groups in total. The number of para-hydroxylation sites is 1. The van der Waals surface area contributed by atoms with Crippen LogP contribution in [0.5, 0.6) is 0 Å². The first kappa shape index (κ1) is 17.7. The van der Waals surface area contributed by atoms with Gasteiger partial charge in [0.15, 0.2) is 0 Å². The van der Waals surface area contributed by atoms with Crippen LogP contribution in [-0.2, 0) is 11.2 Å². The lowest BCUT2D eigenvalue weighted by molar-refractivity contribution is -0.119. The number of benzene rings is 3. The third kappa shape index (κ3) is 3.69. The van der Waals surface area contributed by atoms with Gasteiger partial charge in [-0.3, -0.25) is 14.6 Å². The Kier molecular flexibility index (Phi) is 4.72. The van der Waals surface area contributed by atoms with Gasteiger partial charge in [0, 0.05) is 18.0 Å². The maximum absolute atomic E-state index is 12.6. The molecular weight excluding hydrogens is 350 g/mol. The van der Waals surface area contributed by atoms with Crippen molar-refractivity contribution in [2.75, 3.05) is 0 Å². The highest BCUT2D eigenvalue weighted by atomic mass is 16.2. The Morgan fingerprint density at radius 1 is 0.893 bits per heavy atom. The van der Waals surface area contributed by atoms with Crippen LogP contribution in [0.2, 0.25) is 0 Å². The molecule has 28 heavy (non-hydrogen) atoms. The van der Waals surface area contributed by atoms with Gasteiger partial charge in [-0.25, -0.2) is 0 Å². The summed E-state index contributed by atoms with van der Waals surface area (Å²) in [5.74, 6) is -0.946. The largest absolute Gasteiger partial charge is 0.368 e. The number of fused-ring (bicyclic) bond motifs is 2. The van der Waals surface area contributed by atoms with Crippen LogP contribution in [0.25, 0.3) is 21.7 Å². The van der Waals surface area contributed by atoms with Crippen molar-refractivity contribution in [3.63, 3.8) is 0 Å². The molecule has 0 unspecified atom stereocenters. The standard InChI is InChI=1S/C23H19N3O2/c24-22(27)21(12-15-9-10-16-5-1-2-6-17(16)11-15)26-23(28)19-13-18-7-3-4-8-20(18)25-14-19/h1-11,13-14,21H,12H2,(H2,24,27)(H,26,28)/t21-/m1/s1. The molecule has 3 aromatic carbocycles. The van der Waals surface area contributed by atoms with E-state index in [0.29, 0.717) is 12.0 Å². The van der Waals surface area contributed by atoms with E-state index < -0.39 is 11.9 Å². The summed E-state index contributed by atoms with van der Waals surface area (Å²) in [6.07, 6.45) is 1.83. The molecule has 4 aromatic rings. The number of pyridine rings is 1. The molecule has 0 fully saturated rings. The summed E-state index contributed by atoms with van der Waals surface area (Å²) < 4.78 is 0. The minimum Gasteiger partial charge on any atom is -0.368 e. The number of amides is 2. The van der Waals surface area contributed by atoms with E-state index in [9.17, 15) is 9.59 Å². The van der Waals surface area contributed by atoms with Crippen molar-refractivity contribution in [3.8, 4) is 0 Å². The number of nitrogens with zero attached hydrogens (tertiary/aromatic N) is 1. The number of hydrogen-bond acceptors (Lipinski definition) is 3. The van der Waals surface area contributed by atoms with Gasteiger partial charge in [0.2, 0.25) is 5.91 Å². The van der Waals surface area contributed by atoms with Crippen LogP contribution in [0.15, 0.2) is 79.0 Å². The molecule has 1 heterocycles. The minimum atomic E-state index is -0.805. The fraction of sp³-hybridized carbons (Fsp3) is 0.0870. The fourth-order valence-electron chi connectivity index (χ4n) is 3.26. The van der Waals surface area contributed by atoms with E-state index in [-0.39, 0.29) is 5.91 Å². The lowest BCUT2D eigenvalue weighted by Gasteiger charge is -2.16. The molecule has 1 aromatic heterocycles. The van der Waals surface area contributed by atoms with E-state index in [4.69, 9.17) is 5.73 Å². The lowest BCUT2D eigenvalue weighted by atomic mass is 10.0. The van der Waals surface area contributed by atoms with E-state index in [1.807, 2.05) is 66.7 Å². The number of carbonyl (C=O) groups is 2. The van der Waals surface area contributed by atoms with Gasteiger partial charge < -0.3 is 11.1 Å². The summed E-state index contributed by atoms with van der Waals surface area (Å²) >= 11 is 0. The molecule has 1 atom stereocenters. The quantitative estimate of drug-likeness (QED) is 0.566. The van der Waals surface area contributed by atoms with Crippen LogP contribution in [0.3, 0.4) is 0 Å². The SMILES string of the molecule is NC(=O)[C@@H](Cc1ccc2ccccc2c1)NC(=O)c1cnc2ccccc2c1. The molecule has 0 saturated heterocycles. The molecule has 0 aliphatic rings. The number of rotatable bonds is 5. The smallest absolute Gasteiger partial charge is 0.253 e. The second-order valence-corrected chi connectivity index (χ2v) is 6.73. The van der Waals surface area contributed by atoms with E-state index in [1.165, 1.54) is 6.20 Å². The minimum absolute atomic E-state index is 0.326. The summed E-state index contributed by atoms with van der Waals surface area (Å²) in [4.78, 5) is 28.9. The summed E-state index contributed by atoms with van der Waals surface area (Å²) in [6.45, 7) is 0. The van der Waals surface area contributed by atoms with E-state index >= 15 is 0 Å². The van der Waals surface area contributed by atoms with Gasteiger partial charge >= 0.3 is 0 Å². The molecule has 4 rings (SSSR count).